The predicted molar refractivity (Wildman–Crippen MR) is 78.7 cm³/mol. The van der Waals surface area contributed by atoms with Crippen LogP contribution in [0.5, 0.6) is 0 Å². The summed E-state index contributed by atoms with van der Waals surface area (Å²) >= 11 is 0. The van der Waals surface area contributed by atoms with Crippen molar-refractivity contribution in [2.75, 3.05) is 11.9 Å². The summed E-state index contributed by atoms with van der Waals surface area (Å²) in [6, 6.07) is 1.44. The van der Waals surface area contributed by atoms with Gasteiger partial charge in [0.25, 0.3) is 5.91 Å². The minimum absolute atomic E-state index is 0.0837. The SMILES string of the molecule is CCNc1cc(C)nc(CN2C(=O)NC(C)(CC)C2=O)n1. The first-order valence-electron chi connectivity index (χ1n) is 7.12. The molecule has 2 rings (SSSR count). The molecular weight excluding hydrogens is 270 g/mol. The molecule has 1 saturated heterocycles. The monoisotopic (exact) mass is 291 g/mol. The van der Waals surface area contributed by atoms with Crippen LogP contribution in [-0.4, -0.2) is 38.9 Å². The summed E-state index contributed by atoms with van der Waals surface area (Å²) in [5.74, 6) is 0.921. The number of rotatable bonds is 5. The van der Waals surface area contributed by atoms with E-state index in [0.717, 1.165) is 12.2 Å². The van der Waals surface area contributed by atoms with Gasteiger partial charge in [0.1, 0.15) is 11.4 Å². The molecule has 1 aliphatic rings. The second-order valence-electron chi connectivity index (χ2n) is 5.35. The third kappa shape index (κ3) is 2.96. The van der Waals surface area contributed by atoms with E-state index in [2.05, 4.69) is 20.6 Å². The standard InChI is InChI=1S/C14H21N5O2/c1-5-14(4)12(20)19(13(21)18-14)8-11-16-9(3)7-10(17-11)15-6-2/h7H,5-6,8H2,1-4H3,(H,18,21)(H,15,16,17). The number of nitrogens with one attached hydrogen (secondary N) is 2. The molecule has 0 radical (unpaired) electrons. The smallest absolute Gasteiger partial charge is 0.325 e. The van der Waals surface area contributed by atoms with Gasteiger partial charge in [0.15, 0.2) is 5.82 Å². The second kappa shape index (κ2) is 5.67. The van der Waals surface area contributed by atoms with Crippen molar-refractivity contribution in [3.05, 3.63) is 17.6 Å². The zero-order chi connectivity index (χ0) is 15.6. The molecule has 114 valence electrons. The zero-order valence-electron chi connectivity index (χ0n) is 12.9. The Labute approximate surface area is 124 Å². The second-order valence-corrected chi connectivity index (χ2v) is 5.35. The van der Waals surface area contributed by atoms with E-state index in [1.807, 2.05) is 26.8 Å². The number of hydrogen-bond donors (Lipinski definition) is 2. The van der Waals surface area contributed by atoms with Crippen molar-refractivity contribution in [2.45, 2.75) is 46.2 Å². The Kier molecular flexibility index (Phi) is 4.11. The topological polar surface area (TPSA) is 87.2 Å². The first kappa shape index (κ1) is 15.2. The van der Waals surface area contributed by atoms with Gasteiger partial charge >= 0.3 is 6.03 Å². The maximum absolute atomic E-state index is 12.3. The fraction of sp³-hybridized carbons (Fsp3) is 0.571. The van der Waals surface area contributed by atoms with Crippen molar-refractivity contribution in [2.24, 2.45) is 0 Å². The number of nitrogens with zero attached hydrogens (tertiary/aromatic N) is 3. The molecule has 7 heteroatoms. The van der Waals surface area contributed by atoms with E-state index >= 15 is 0 Å². The molecule has 1 atom stereocenters. The highest BCUT2D eigenvalue weighted by Crippen LogP contribution is 2.22. The molecule has 0 aromatic carbocycles. The molecule has 1 fully saturated rings. The lowest BCUT2D eigenvalue weighted by Gasteiger charge is -2.19. The van der Waals surface area contributed by atoms with Crippen molar-refractivity contribution >= 4 is 17.8 Å². The summed E-state index contributed by atoms with van der Waals surface area (Å²) < 4.78 is 0. The highest BCUT2D eigenvalue weighted by atomic mass is 16.2. The average Bonchev–Trinajstić information content (AvgIpc) is 2.63. The maximum Gasteiger partial charge on any atom is 0.325 e. The fourth-order valence-corrected chi connectivity index (χ4v) is 2.24. The van der Waals surface area contributed by atoms with Crippen molar-refractivity contribution in [1.29, 1.82) is 0 Å². The van der Waals surface area contributed by atoms with Gasteiger partial charge in [0, 0.05) is 18.3 Å². The van der Waals surface area contributed by atoms with Gasteiger partial charge in [-0.1, -0.05) is 6.92 Å². The maximum atomic E-state index is 12.3. The van der Waals surface area contributed by atoms with E-state index in [1.54, 1.807) is 6.92 Å². The number of hydrogen-bond acceptors (Lipinski definition) is 5. The van der Waals surface area contributed by atoms with E-state index in [9.17, 15) is 9.59 Å². The van der Waals surface area contributed by atoms with Gasteiger partial charge in [-0.05, 0) is 27.2 Å². The number of carbonyl (C=O) groups excluding carboxylic acids is 2. The summed E-state index contributed by atoms with van der Waals surface area (Å²) in [5, 5.41) is 5.83. The Hall–Kier alpha value is -2.18. The van der Waals surface area contributed by atoms with Gasteiger partial charge in [-0.2, -0.15) is 0 Å². The van der Waals surface area contributed by atoms with Crippen LogP contribution in [0.3, 0.4) is 0 Å². The number of aromatic nitrogens is 2. The largest absolute Gasteiger partial charge is 0.370 e. The van der Waals surface area contributed by atoms with Crippen molar-refractivity contribution in [3.8, 4) is 0 Å². The number of urea groups is 1. The number of aryl methyl sites for hydroxylation is 1. The molecule has 1 aromatic rings. The zero-order valence-corrected chi connectivity index (χ0v) is 12.9. The van der Waals surface area contributed by atoms with Crippen molar-refractivity contribution < 1.29 is 9.59 Å². The summed E-state index contributed by atoms with van der Waals surface area (Å²) in [5.41, 5.74) is -0.0351. The van der Waals surface area contributed by atoms with Crippen molar-refractivity contribution in [3.63, 3.8) is 0 Å². The van der Waals surface area contributed by atoms with E-state index in [4.69, 9.17) is 0 Å². The Morgan fingerprint density at radius 1 is 1.33 bits per heavy atom. The first-order valence-corrected chi connectivity index (χ1v) is 7.12. The summed E-state index contributed by atoms with van der Waals surface area (Å²) in [7, 11) is 0. The fourth-order valence-electron chi connectivity index (χ4n) is 2.24. The van der Waals surface area contributed by atoms with Gasteiger partial charge in [-0.3, -0.25) is 9.69 Å². The van der Waals surface area contributed by atoms with Crippen LogP contribution in [0.25, 0.3) is 0 Å². The lowest BCUT2D eigenvalue weighted by atomic mass is 9.99. The van der Waals surface area contributed by atoms with Crippen LogP contribution in [0, 0.1) is 6.92 Å². The predicted octanol–water partition coefficient (Wildman–Crippen LogP) is 1.44. The number of imide groups is 1. The molecule has 1 unspecified atom stereocenters. The highest BCUT2D eigenvalue weighted by molar-refractivity contribution is 6.06. The van der Waals surface area contributed by atoms with E-state index in [1.165, 1.54) is 4.90 Å². The van der Waals surface area contributed by atoms with Crippen LogP contribution < -0.4 is 10.6 Å². The summed E-state index contributed by atoms with van der Waals surface area (Å²) in [6.07, 6.45) is 0.547. The first-order chi connectivity index (χ1) is 9.89. The summed E-state index contributed by atoms with van der Waals surface area (Å²) in [6.45, 7) is 8.26. The molecule has 21 heavy (non-hydrogen) atoms. The average molecular weight is 291 g/mol. The Balaban J connectivity index is 2.22. The molecule has 0 spiro atoms. The van der Waals surface area contributed by atoms with Crippen molar-refractivity contribution in [1.82, 2.24) is 20.2 Å². The van der Waals surface area contributed by atoms with Gasteiger partial charge in [-0.15, -0.1) is 0 Å². The van der Waals surface area contributed by atoms with Gasteiger partial charge < -0.3 is 10.6 Å². The van der Waals surface area contributed by atoms with Gasteiger partial charge in [-0.25, -0.2) is 14.8 Å². The Morgan fingerprint density at radius 2 is 2.05 bits per heavy atom. The summed E-state index contributed by atoms with van der Waals surface area (Å²) in [4.78, 5) is 34.1. The molecule has 3 amide bonds. The van der Waals surface area contributed by atoms with Crippen LogP contribution in [0.4, 0.5) is 10.6 Å². The molecule has 1 aromatic heterocycles. The number of amides is 3. The normalized spacial score (nSPS) is 21.6. The molecular formula is C14H21N5O2. The third-order valence-electron chi connectivity index (χ3n) is 3.61. The van der Waals surface area contributed by atoms with Crippen LogP contribution >= 0.6 is 0 Å². The molecule has 0 bridgehead atoms. The number of anilines is 1. The van der Waals surface area contributed by atoms with Crippen LogP contribution in [-0.2, 0) is 11.3 Å². The Bertz CT molecular complexity index is 574. The Morgan fingerprint density at radius 3 is 2.62 bits per heavy atom. The van der Waals surface area contributed by atoms with E-state index in [-0.39, 0.29) is 18.5 Å². The lowest BCUT2D eigenvalue weighted by Crippen LogP contribution is -2.43. The molecule has 0 aliphatic carbocycles. The lowest BCUT2D eigenvalue weighted by molar-refractivity contribution is -0.131. The van der Waals surface area contributed by atoms with Crippen LogP contribution in [0.15, 0.2) is 6.07 Å². The molecule has 1 aliphatic heterocycles. The van der Waals surface area contributed by atoms with E-state index in [0.29, 0.717) is 18.1 Å². The van der Waals surface area contributed by atoms with Crippen LogP contribution in [0.2, 0.25) is 0 Å². The van der Waals surface area contributed by atoms with Gasteiger partial charge in [0.2, 0.25) is 0 Å². The molecule has 0 saturated carbocycles. The minimum Gasteiger partial charge on any atom is -0.370 e. The third-order valence-corrected chi connectivity index (χ3v) is 3.61. The van der Waals surface area contributed by atoms with Crippen LogP contribution in [0.1, 0.15) is 38.7 Å². The molecule has 7 nitrogen and oxygen atoms in total. The minimum atomic E-state index is -0.828. The quantitative estimate of drug-likeness (QED) is 0.801. The number of carbonyl (C=O) groups is 2. The van der Waals surface area contributed by atoms with E-state index < -0.39 is 5.54 Å². The highest BCUT2D eigenvalue weighted by Gasteiger charge is 2.46. The molecule has 2 N–H and O–H groups in total. The van der Waals surface area contributed by atoms with Gasteiger partial charge in [0.05, 0.1) is 6.54 Å². The molecule has 2 heterocycles.